The van der Waals surface area contributed by atoms with E-state index in [1.165, 1.54) is 6.92 Å². The Hall–Kier alpha value is -3.34. The number of hydrogen-bond donors (Lipinski definition) is 3. The summed E-state index contributed by atoms with van der Waals surface area (Å²) >= 11 is 0. The fourth-order valence-electron chi connectivity index (χ4n) is 4.66. The molecule has 2 heterocycles. The monoisotopic (exact) mass is 501 g/mol. The summed E-state index contributed by atoms with van der Waals surface area (Å²) in [5.41, 5.74) is 0.929. The molecule has 2 aromatic rings. The number of likely N-dealkylation sites (N-methyl/N-ethyl adjacent to an activating group) is 1. The van der Waals surface area contributed by atoms with Gasteiger partial charge in [-0.1, -0.05) is 12.8 Å². The van der Waals surface area contributed by atoms with Gasteiger partial charge in [-0.05, 0) is 44.2 Å². The fraction of sp³-hybridized carbons (Fsp3) is 0.520. The van der Waals surface area contributed by atoms with E-state index in [1.54, 1.807) is 24.3 Å². The number of amides is 2. The van der Waals surface area contributed by atoms with Crippen molar-refractivity contribution in [1.82, 2.24) is 25.1 Å². The molecule has 0 bridgehead atoms. The number of carbonyl (C=O) groups is 2. The Balaban J connectivity index is 1.46. The first-order valence-corrected chi connectivity index (χ1v) is 12.3. The lowest BCUT2D eigenvalue weighted by atomic mass is 9.90. The van der Waals surface area contributed by atoms with Gasteiger partial charge in [-0.3, -0.25) is 9.59 Å². The third-order valence-corrected chi connectivity index (χ3v) is 6.71. The first-order chi connectivity index (χ1) is 17.3. The Morgan fingerprint density at radius 3 is 2.33 bits per heavy atom. The predicted octanol–water partition coefficient (Wildman–Crippen LogP) is 3.40. The number of halogens is 2. The van der Waals surface area contributed by atoms with E-state index < -0.39 is 6.43 Å². The van der Waals surface area contributed by atoms with Crippen LogP contribution in [0, 0.1) is 0 Å². The van der Waals surface area contributed by atoms with E-state index in [9.17, 15) is 18.4 Å². The Kier molecular flexibility index (Phi) is 8.29. The smallest absolute Gasteiger partial charge is 0.268 e. The average molecular weight is 502 g/mol. The molecule has 2 aliphatic rings. The van der Waals surface area contributed by atoms with Gasteiger partial charge in [0.1, 0.15) is 5.82 Å². The van der Waals surface area contributed by atoms with Crippen molar-refractivity contribution in [3.05, 3.63) is 41.6 Å². The van der Waals surface area contributed by atoms with Gasteiger partial charge in [-0.25, -0.2) is 13.8 Å². The Morgan fingerprint density at radius 2 is 1.69 bits per heavy atom. The summed E-state index contributed by atoms with van der Waals surface area (Å²) in [7, 11) is 2.04. The lowest BCUT2D eigenvalue weighted by molar-refractivity contribution is -0.119. The molecular weight excluding hydrogens is 468 g/mol. The third kappa shape index (κ3) is 6.45. The number of piperazine rings is 1. The van der Waals surface area contributed by atoms with E-state index in [-0.39, 0.29) is 41.2 Å². The van der Waals surface area contributed by atoms with E-state index >= 15 is 0 Å². The van der Waals surface area contributed by atoms with Gasteiger partial charge < -0.3 is 25.8 Å². The van der Waals surface area contributed by atoms with Crippen LogP contribution in [0.3, 0.4) is 0 Å². The highest BCUT2D eigenvalue weighted by molar-refractivity contribution is 5.94. The minimum absolute atomic E-state index is 0.0140. The van der Waals surface area contributed by atoms with Crippen LogP contribution in [0.4, 0.5) is 26.2 Å². The van der Waals surface area contributed by atoms with Gasteiger partial charge in [0.25, 0.3) is 12.3 Å². The van der Waals surface area contributed by atoms with Crippen molar-refractivity contribution in [3.63, 3.8) is 0 Å². The number of carbonyl (C=O) groups excluding carboxylic acids is 2. The first kappa shape index (κ1) is 25.7. The van der Waals surface area contributed by atoms with Crippen molar-refractivity contribution in [2.75, 3.05) is 43.9 Å². The van der Waals surface area contributed by atoms with Gasteiger partial charge in [-0.15, -0.1) is 0 Å². The Bertz CT molecular complexity index is 1060. The quantitative estimate of drug-likeness (QED) is 0.534. The normalized spacial score (nSPS) is 20.8. The van der Waals surface area contributed by atoms with Crippen molar-refractivity contribution >= 4 is 29.3 Å². The molecule has 0 spiro atoms. The number of anilines is 3. The number of nitrogens with one attached hydrogen (secondary N) is 3. The number of aromatic nitrogens is 2. The van der Waals surface area contributed by atoms with Crippen LogP contribution in [0.25, 0.3) is 0 Å². The molecule has 0 radical (unpaired) electrons. The van der Waals surface area contributed by atoms with Crippen molar-refractivity contribution in [1.29, 1.82) is 0 Å². The van der Waals surface area contributed by atoms with Gasteiger partial charge in [0.15, 0.2) is 0 Å². The number of alkyl halides is 2. The first-order valence-electron chi connectivity index (χ1n) is 12.3. The van der Waals surface area contributed by atoms with Crippen molar-refractivity contribution in [2.24, 2.45) is 0 Å². The summed E-state index contributed by atoms with van der Waals surface area (Å²) in [5, 5.41) is 9.08. The average Bonchev–Trinajstić information content (AvgIpc) is 2.85. The highest BCUT2D eigenvalue weighted by Crippen LogP contribution is 2.29. The highest BCUT2D eigenvalue weighted by Gasteiger charge is 2.28. The van der Waals surface area contributed by atoms with E-state index in [2.05, 4.69) is 30.8 Å². The Morgan fingerprint density at radius 1 is 1.03 bits per heavy atom. The summed E-state index contributed by atoms with van der Waals surface area (Å²) in [6.45, 7) is 4.53. The minimum atomic E-state index is -2.75. The van der Waals surface area contributed by atoms with E-state index in [1.807, 2.05) is 11.9 Å². The molecule has 2 unspecified atom stereocenters. The number of rotatable bonds is 7. The molecule has 36 heavy (non-hydrogen) atoms. The molecule has 1 aliphatic heterocycles. The van der Waals surface area contributed by atoms with Crippen LogP contribution < -0.4 is 16.0 Å². The molecule has 1 aliphatic carbocycles. The van der Waals surface area contributed by atoms with Crippen LogP contribution in [0.1, 0.15) is 55.0 Å². The number of nitrogens with zero attached hydrogens (tertiary/aromatic N) is 4. The molecule has 2 amide bonds. The molecule has 1 saturated heterocycles. The van der Waals surface area contributed by atoms with E-state index in [4.69, 9.17) is 0 Å². The zero-order chi connectivity index (χ0) is 25.7. The molecule has 1 saturated carbocycles. The van der Waals surface area contributed by atoms with Crippen molar-refractivity contribution in [2.45, 2.75) is 51.1 Å². The maximum Gasteiger partial charge on any atom is 0.268 e. The largest absolute Gasteiger partial charge is 0.365 e. The van der Waals surface area contributed by atoms with Crippen LogP contribution in [0.15, 0.2) is 30.5 Å². The molecule has 1 aromatic carbocycles. The van der Waals surface area contributed by atoms with Crippen molar-refractivity contribution < 1.29 is 18.4 Å². The van der Waals surface area contributed by atoms with Crippen LogP contribution in [0.5, 0.6) is 0 Å². The minimum Gasteiger partial charge on any atom is -0.365 e. The second kappa shape index (κ2) is 11.6. The fourth-order valence-corrected chi connectivity index (χ4v) is 4.66. The maximum atomic E-state index is 13.7. The molecule has 9 nitrogen and oxygen atoms in total. The molecule has 3 N–H and O–H groups in total. The van der Waals surface area contributed by atoms with Crippen LogP contribution in [0.2, 0.25) is 0 Å². The summed E-state index contributed by atoms with van der Waals surface area (Å²) < 4.78 is 27.4. The lowest BCUT2D eigenvalue weighted by Gasteiger charge is -2.33. The second-order valence-corrected chi connectivity index (χ2v) is 9.44. The molecule has 2 atom stereocenters. The van der Waals surface area contributed by atoms with Crippen LogP contribution in [-0.4, -0.2) is 76.9 Å². The van der Waals surface area contributed by atoms with Gasteiger partial charge >= 0.3 is 0 Å². The molecule has 11 heteroatoms. The summed E-state index contributed by atoms with van der Waals surface area (Å²) in [6.07, 6.45) is 1.79. The van der Waals surface area contributed by atoms with Crippen LogP contribution in [-0.2, 0) is 4.79 Å². The van der Waals surface area contributed by atoms with Gasteiger partial charge in [0, 0.05) is 62.6 Å². The van der Waals surface area contributed by atoms with Gasteiger partial charge in [0.2, 0.25) is 11.9 Å². The summed E-state index contributed by atoms with van der Waals surface area (Å²) in [5.74, 6) is 0.0424. The molecule has 1 aromatic heterocycles. The predicted molar refractivity (Wildman–Crippen MR) is 134 cm³/mol. The number of hydrogen-bond acceptors (Lipinski definition) is 7. The maximum absolute atomic E-state index is 13.7. The molecule has 194 valence electrons. The summed E-state index contributed by atoms with van der Waals surface area (Å²) in [6, 6.07) is 6.59. The molecule has 4 rings (SSSR count). The highest BCUT2D eigenvalue weighted by atomic mass is 19.3. The topological polar surface area (TPSA) is 102 Å². The van der Waals surface area contributed by atoms with Crippen LogP contribution >= 0.6 is 0 Å². The lowest BCUT2D eigenvalue weighted by Crippen LogP contribution is -2.48. The standard InChI is InChI=1S/C25H33F2N7O2/c1-16(35)29-20-5-3-4-6-21(20)31-23-19(22(26)27)15-28-25(32-23)30-18-9-7-17(8-10-18)24(36)34-13-11-33(2)12-14-34/h7-10,15,20-22H,3-6,11-14H2,1-2H3,(H,29,35)(H2,28,30,31,32). The zero-order valence-electron chi connectivity index (χ0n) is 20.6. The zero-order valence-corrected chi connectivity index (χ0v) is 20.6. The summed E-state index contributed by atoms with van der Waals surface area (Å²) in [4.78, 5) is 36.8. The van der Waals surface area contributed by atoms with Gasteiger partial charge in [-0.2, -0.15) is 4.98 Å². The third-order valence-electron chi connectivity index (χ3n) is 6.71. The van der Waals surface area contributed by atoms with E-state index in [0.29, 0.717) is 24.3 Å². The number of benzene rings is 1. The van der Waals surface area contributed by atoms with Crippen molar-refractivity contribution in [3.8, 4) is 0 Å². The molecular formula is C25H33F2N7O2. The second-order valence-electron chi connectivity index (χ2n) is 9.44. The molecule has 2 fully saturated rings. The van der Waals surface area contributed by atoms with E-state index in [0.717, 1.165) is 45.0 Å². The van der Waals surface area contributed by atoms with Gasteiger partial charge in [0.05, 0.1) is 5.56 Å². The Labute approximate surface area is 209 Å². The SMILES string of the molecule is CC(=O)NC1CCCCC1Nc1nc(Nc2ccc(C(=O)N3CCN(C)CC3)cc2)ncc1C(F)F.